The van der Waals surface area contributed by atoms with E-state index in [0.29, 0.717) is 16.2 Å². The van der Waals surface area contributed by atoms with Gasteiger partial charge in [0, 0.05) is 0 Å². The molecule has 0 aromatic heterocycles. The van der Waals surface area contributed by atoms with Crippen LogP contribution in [0.15, 0.2) is 0 Å². The molecule has 0 aliphatic heterocycles. The first-order valence-electron chi connectivity index (χ1n) is 17.2. The molecule has 236 valence electrons. The van der Waals surface area contributed by atoms with Crippen molar-refractivity contribution >= 4 is 0 Å². The fourth-order valence-corrected chi connectivity index (χ4v) is 8.89. The summed E-state index contributed by atoms with van der Waals surface area (Å²) in [5.74, 6) is 6.21. The summed E-state index contributed by atoms with van der Waals surface area (Å²) in [5, 5.41) is 0. The second-order valence-electron chi connectivity index (χ2n) is 17.0. The fraction of sp³-hybridized carbons (Fsp3) is 1.00. The van der Waals surface area contributed by atoms with Crippen molar-refractivity contribution in [2.75, 3.05) is 0 Å². The zero-order valence-corrected chi connectivity index (χ0v) is 27.7. The van der Waals surface area contributed by atoms with Crippen molar-refractivity contribution in [2.24, 2.45) is 51.8 Å². The Morgan fingerprint density at radius 2 is 0.949 bits per heavy atom. The van der Waals surface area contributed by atoms with Crippen LogP contribution in [0.1, 0.15) is 200 Å². The predicted molar refractivity (Wildman–Crippen MR) is 182 cm³/mol. The van der Waals surface area contributed by atoms with Gasteiger partial charge in [-0.2, -0.15) is 0 Å². The zero-order valence-electron chi connectivity index (χ0n) is 27.7. The van der Waals surface area contributed by atoms with Gasteiger partial charge in [-0.1, -0.05) is 148 Å². The van der Waals surface area contributed by atoms with Crippen molar-refractivity contribution in [3.63, 3.8) is 0 Å². The van der Waals surface area contributed by atoms with Crippen LogP contribution in [0.5, 0.6) is 0 Å². The van der Waals surface area contributed by atoms with E-state index in [-0.39, 0.29) is 14.9 Å². The van der Waals surface area contributed by atoms with Gasteiger partial charge in [0.05, 0.1) is 0 Å². The van der Waals surface area contributed by atoms with E-state index < -0.39 is 0 Å². The van der Waals surface area contributed by atoms with Gasteiger partial charge in [0.2, 0.25) is 0 Å². The maximum absolute atomic E-state index is 2.46. The van der Waals surface area contributed by atoms with E-state index in [2.05, 4.69) is 69.2 Å². The Labute approximate surface area is 251 Å². The molecule has 39 heavy (non-hydrogen) atoms. The SMILES string of the molecule is C.C.CC1CCC(CC2CCC(C)CC2)CC1.CCC1(C)CC(C)CC(C)(C)C1.CCC1CCC(C)(C)CC1. The Hall–Kier alpha value is 0. The molecular weight excluding hydrogens is 468 g/mol. The fourth-order valence-electron chi connectivity index (χ4n) is 8.89. The lowest BCUT2D eigenvalue weighted by Gasteiger charge is -2.45. The largest absolute Gasteiger partial charge is 0.0776 e. The Kier molecular flexibility index (Phi) is 17.8. The van der Waals surface area contributed by atoms with Crippen molar-refractivity contribution in [2.45, 2.75) is 200 Å². The second kappa shape index (κ2) is 17.8. The van der Waals surface area contributed by atoms with Gasteiger partial charge in [0.1, 0.15) is 0 Å². The van der Waals surface area contributed by atoms with Crippen LogP contribution in [-0.4, -0.2) is 0 Å². The lowest BCUT2D eigenvalue weighted by Crippen LogP contribution is -2.34. The van der Waals surface area contributed by atoms with E-state index in [4.69, 9.17) is 0 Å². The minimum Gasteiger partial charge on any atom is -0.0776 e. The molecule has 0 radical (unpaired) electrons. The summed E-state index contributed by atoms with van der Waals surface area (Å²) in [6.45, 7) is 24.1. The normalized spacial score (nSPS) is 36.0. The summed E-state index contributed by atoms with van der Waals surface area (Å²) >= 11 is 0. The maximum Gasteiger partial charge on any atom is -0.0321 e. The van der Waals surface area contributed by atoms with Crippen LogP contribution in [0, 0.1) is 51.8 Å². The summed E-state index contributed by atoms with van der Waals surface area (Å²) in [6, 6.07) is 0. The van der Waals surface area contributed by atoms with E-state index in [1.807, 2.05) is 0 Å². The van der Waals surface area contributed by atoms with Crippen LogP contribution < -0.4 is 0 Å². The van der Waals surface area contributed by atoms with Crippen molar-refractivity contribution in [3.05, 3.63) is 0 Å². The Bertz CT molecular complexity index is 568. The summed E-state index contributed by atoms with van der Waals surface area (Å²) in [5.41, 5.74) is 1.87. The number of hydrogen-bond acceptors (Lipinski definition) is 0. The minimum absolute atomic E-state index is 0. The van der Waals surface area contributed by atoms with Crippen molar-refractivity contribution in [1.29, 1.82) is 0 Å². The van der Waals surface area contributed by atoms with Crippen molar-refractivity contribution in [1.82, 2.24) is 0 Å². The molecule has 0 spiro atoms. The summed E-state index contributed by atoms with van der Waals surface area (Å²) in [6.07, 6.45) is 26.6. The van der Waals surface area contributed by atoms with Gasteiger partial charge >= 0.3 is 0 Å². The molecule has 0 bridgehead atoms. The zero-order chi connectivity index (χ0) is 27.7. The average molecular weight is 549 g/mol. The third-order valence-electron chi connectivity index (χ3n) is 11.5. The van der Waals surface area contributed by atoms with Crippen LogP contribution in [-0.2, 0) is 0 Å². The van der Waals surface area contributed by atoms with E-state index in [1.54, 1.807) is 6.42 Å². The highest BCUT2D eigenvalue weighted by atomic mass is 14.4. The van der Waals surface area contributed by atoms with Gasteiger partial charge in [-0.25, -0.2) is 0 Å². The Morgan fingerprint density at radius 1 is 0.513 bits per heavy atom. The number of rotatable bonds is 4. The van der Waals surface area contributed by atoms with E-state index >= 15 is 0 Å². The van der Waals surface area contributed by atoms with E-state index in [9.17, 15) is 0 Å². The molecular formula is C39H80. The van der Waals surface area contributed by atoms with Gasteiger partial charge in [0.25, 0.3) is 0 Å². The molecule has 4 rings (SSSR count). The first-order chi connectivity index (χ1) is 17.2. The van der Waals surface area contributed by atoms with E-state index in [0.717, 1.165) is 35.5 Å². The molecule has 0 heterocycles. The highest BCUT2D eigenvalue weighted by Gasteiger charge is 2.38. The van der Waals surface area contributed by atoms with Crippen molar-refractivity contribution < 1.29 is 0 Å². The minimum atomic E-state index is 0. The highest BCUT2D eigenvalue weighted by Crippen LogP contribution is 2.50. The molecule has 2 atom stereocenters. The lowest BCUT2D eigenvalue weighted by molar-refractivity contribution is 0.0582. The second-order valence-corrected chi connectivity index (χ2v) is 17.0. The van der Waals surface area contributed by atoms with Crippen LogP contribution in [0.4, 0.5) is 0 Å². The van der Waals surface area contributed by atoms with Gasteiger partial charge in [-0.3, -0.25) is 0 Å². The maximum atomic E-state index is 2.46. The molecule has 4 saturated carbocycles. The first kappa shape index (κ1) is 39.0. The molecule has 0 aromatic rings. The molecule has 0 N–H and O–H groups in total. The highest BCUT2D eigenvalue weighted by molar-refractivity contribution is 4.89. The molecule has 0 heteroatoms. The van der Waals surface area contributed by atoms with Crippen LogP contribution in [0.25, 0.3) is 0 Å². The smallest absolute Gasteiger partial charge is 0.0321 e. The molecule has 2 unspecified atom stereocenters. The van der Waals surface area contributed by atoms with Gasteiger partial charge in [-0.15, -0.1) is 0 Å². The summed E-state index contributed by atoms with van der Waals surface area (Å²) < 4.78 is 0. The molecule has 0 nitrogen and oxygen atoms in total. The molecule has 4 fully saturated rings. The lowest BCUT2D eigenvalue weighted by atomic mass is 9.60. The monoisotopic (exact) mass is 549 g/mol. The van der Waals surface area contributed by atoms with Crippen molar-refractivity contribution in [3.8, 4) is 0 Å². The summed E-state index contributed by atoms with van der Waals surface area (Å²) in [4.78, 5) is 0. The van der Waals surface area contributed by atoms with Gasteiger partial charge < -0.3 is 0 Å². The number of hydrogen-bond donors (Lipinski definition) is 0. The van der Waals surface area contributed by atoms with Crippen LogP contribution in [0.3, 0.4) is 0 Å². The third kappa shape index (κ3) is 15.2. The molecule has 0 aromatic carbocycles. The van der Waals surface area contributed by atoms with E-state index in [1.165, 1.54) is 109 Å². The van der Waals surface area contributed by atoms with Crippen LogP contribution >= 0.6 is 0 Å². The summed E-state index contributed by atoms with van der Waals surface area (Å²) in [7, 11) is 0. The molecule has 4 aliphatic rings. The Morgan fingerprint density at radius 3 is 1.31 bits per heavy atom. The molecule has 0 amide bonds. The average Bonchev–Trinajstić information content (AvgIpc) is 2.81. The standard InChI is InChI=1S/C15H28.C12H24.C10H20.2CH4/c1-12-3-7-14(8-4-12)11-15-9-5-13(2)6-10-15;1-6-12(5)8-10(2)7-11(3,4)9-12;1-4-9-5-7-10(2,3)8-6-9;;/h12-15H,3-11H2,1-2H3;10H,6-9H2,1-5H3;9H,4-8H2,1-3H3;2*1H4. The predicted octanol–water partition coefficient (Wildman–Crippen LogP) is 14.2. The topological polar surface area (TPSA) is 0 Å². The van der Waals surface area contributed by atoms with Crippen LogP contribution in [0.2, 0.25) is 0 Å². The molecule has 0 saturated heterocycles. The first-order valence-corrected chi connectivity index (χ1v) is 17.2. The third-order valence-corrected chi connectivity index (χ3v) is 11.5. The van der Waals surface area contributed by atoms with Gasteiger partial charge in [-0.05, 0) is 103 Å². The molecule has 4 aliphatic carbocycles. The Balaban J connectivity index is 0.000000553. The van der Waals surface area contributed by atoms with Gasteiger partial charge in [0.15, 0.2) is 0 Å². The quantitative estimate of drug-likeness (QED) is 0.327.